The van der Waals surface area contributed by atoms with E-state index in [4.69, 9.17) is 9.15 Å². The fourth-order valence-electron chi connectivity index (χ4n) is 1.91. The van der Waals surface area contributed by atoms with Crippen LogP contribution in [0.2, 0.25) is 0 Å². The molecule has 0 saturated carbocycles. The molecule has 17 heavy (non-hydrogen) atoms. The minimum Gasteiger partial charge on any atom is -0.467 e. The van der Waals surface area contributed by atoms with Crippen molar-refractivity contribution in [2.75, 3.05) is 26.3 Å². The molecule has 0 bridgehead atoms. The average molecular weight is 239 g/mol. The van der Waals surface area contributed by atoms with Gasteiger partial charge in [-0.1, -0.05) is 6.92 Å². The minimum atomic E-state index is -0.889. The number of rotatable bonds is 3. The van der Waals surface area contributed by atoms with E-state index >= 15 is 0 Å². The van der Waals surface area contributed by atoms with Crippen molar-refractivity contribution in [3.63, 3.8) is 0 Å². The van der Waals surface area contributed by atoms with Crippen LogP contribution < -0.4 is 0 Å². The van der Waals surface area contributed by atoms with Gasteiger partial charge in [-0.2, -0.15) is 0 Å². The summed E-state index contributed by atoms with van der Waals surface area (Å²) in [6.45, 7) is 4.03. The van der Waals surface area contributed by atoms with Crippen molar-refractivity contribution in [1.82, 2.24) is 4.90 Å². The van der Waals surface area contributed by atoms with E-state index in [9.17, 15) is 9.90 Å². The monoisotopic (exact) mass is 239 g/mol. The molecule has 1 aliphatic rings. The van der Waals surface area contributed by atoms with Gasteiger partial charge in [-0.25, -0.2) is 0 Å². The number of hydrogen-bond acceptors (Lipinski definition) is 4. The highest BCUT2D eigenvalue weighted by atomic mass is 16.5. The molecule has 0 spiro atoms. The van der Waals surface area contributed by atoms with Gasteiger partial charge in [0.15, 0.2) is 0 Å². The Bertz CT molecular complexity index is 357. The number of morpholine rings is 1. The maximum absolute atomic E-state index is 12.1. The fourth-order valence-corrected chi connectivity index (χ4v) is 1.91. The van der Waals surface area contributed by atoms with Gasteiger partial charge in [0, 0.05) is 13.1 Å². The van der Waals surface area contributed by atoms with Crippen LogP contribution in [0.3, 0.4) is 0 Å². The first-order valence-corrected chi connectivity index (χ1v) is 5.78. The Hall–Kier alpha value is -1.33. The summed E-state index contributed by atoms with van der Waals surface area (Å²) in [4.78, 5) is 13.8. The highest BCUT2D eigenvalue weighted by Gasteiger charge is 2.29. The van der Waals surface area contributed by atoms with Gasteiger partial charge in [0.25, 0.3) is 0 Å². The van der Waals surface area contributed by atoms with Crippen LogP contribution in [0, 0.1) is 5.92 Å². The molecular formula is C12H17NO4. The van der Waals surface area contributed by atoms with Crippen LogP contribution in [0.25, 0.3) is 0 Å². The van der Waals surface area contributed by atoms with Crippen LogP contribution >= 0.6 is 0 Å². The number of amides is 1. The maximum atomic E-state index is 12.1. The molecule has 94 valence electrons. The minimum absolute atomic E-state index is 0.0581. The zero-order valence-corrected chi connectivity index (χ0v) is 9.83. The predicted octanol–water partition coefficient (Wildman–Crippen LogP) is 0.808. The van der Waals surface area contributed by atoms with Gasteiger partial charge in [0.1, 0.15) is 11.9 Å². The van der Waals surface area contributed by atoms with Crippen molar-refractivity contribution in [2.45, 2.75) is 13.0 Å². The largest absolute Gasteiger partial charge is 0.467 e. The van der Waals surface area contributed by atoms with E-state index in [-0.39, 0.29) is 5.91 Å². The van der Waals surface area contributed by atoms with Gasteiger partial charge in [-0.15, -0.1) is 0 Å². The van der Waals surface area contributed by atoms with Gasteiger partial charge < -0.3 is 19.2 Å². The summed E-state index contributed by atoms with van der Waals surface area (Å²) in [7, 11) is 0. The third-order valence-electron chi connectivity index (χ3n) is 3.02. The maximum Gasteiger partial charge on any atom is 0.228 e. The number of aliphatic hydroxyl groups is 1. The van der Waals surface area contributed by atoms with Crippen molar-refractivity contribution < 1.29 is 19.1 Å². The van der Waals surface area contributed by atoms with Crippen LogP contribution in [-0.2, 0) is 9.53 Å². The summed E-state index contributed by atoms with van der Waals surface area (Å²) in [6.07, 6.45) is 0.602. The molecule has 0 radical (unpaired) electrons. The fraction of sp³-hybridized carbons (Fsp3) is 0.583. The normalized spacial score (nSPS) is 20.0. The van der Waals surface area contributed by atoms with Gasteiger partial charge in [-0.05, 0) is 12.1 Å². The van der Waals surface area contributed by atoms with Crippen molar-refractivity contribution >= 4 is 5.91 Å². The number of ether oxygens (including phenoxy) is 1. The zero-order valence-electron chi connectivity index (χ0n) is 9.83. The van der Waals surface area contributed by atoms with Crippen molar-refractivity contribution in [3.05, 3.63) is 24.2 Å². The summed E-state index contributed by atoms with van der Waals surface area (Å²) >= 11 is 0. The number of furan rings is 1. The van der Waals surface area contributed by atoms with E-state index in [0.717, 1.165) is 0 Å². The number of nitrogens with zero attached hydrogens (tertiary/aromatic N) is 1. The highest BCUT2D eigenvalue weighted by molar-refractivity contribution is 5.79. The number of hydrogen-bond donors (Lipinski definition) is 1. The number of carbonyl (C=O) groups excluding carboxylic acids is 1. The van der Waals surface area contributed by atoms with Crippen molar-refractivity contribution in [2.24, 2.45) is 5.92 Å². The Morgan fingerprint density at radius 2 is 2.18 bits per heavy atom. The average Bonchev–Trinajstić information content (AvgIpc) is 2.91. The molecule has 1 N–H and O–H groups in total. The van der Waals surface area contributed by atoms with E-state index in [1.54, 1.807) is 24.0 Å². The summed E-state index contributed by atoms with van der Waals surface area (Å²) in [5.74, 6) is -0.129. The Morgan fingerprint density at radius 1 is 1.47 bits per heavy atom. The lowest BCUT2D eigenvalue weighted by molar-refractivity contribution is -0.143. The van der Waals surface area contributed by atoms with Crippen LogP contribution in [0.5, 0.6) is 0 Å². The molecule has 5 heteroatoms. The van der Waals surface area contributed by atoms with Crippen LogP contribution in [-0.4, -0.2) is 42.2 Å². The summed E-state index contributed by atoms with van der Waals surface area (Å²) < 4.78 is 10.3. The summed E-state index contributed by atoms with van der Waals surface area (Å²) in [5.41, 5.74) is 0. The van der Waals surface area contributed by atoms with E-state index in [0.29, 0.717) is 32.1 Å². The number of aliphatic hydroxyl groups excluding tert-OH is 1. The SMILES string of the molecule is CC(C(=O)N1CCOCC1)C(O)c1ccco1. The lowest BCUT2D eigenvalue weighted by Crippen LogP contribution is -2.44. The lowest BCUT2D eigenvalue weighted by atomic mass is 10.0. The molecule has 2 unspecified atom stereocenters. The Balaban J connectivity index is 1.98. The van der Waals surface area contributed by atoms with E-state index in [1.807, 2.05) is 0 Å². The summed E-state index contributed by atoms with van der Waals surface area (Å²) in [5, 5.41) is 10.0. The van der Waals surface area contributed by atoms with E-state index < -0.39 is 12.0 Å². The third kappa shape index (κ3) is 2.68. The molecule has 0 aliphatic carbocycles. The van der Waals surface area contributed by atoms with Crippen molar-refractivity contribution in [1.29, 1.82) is 0 Å². The Kier molecular flexibility index (Phi) is 3.81. The van der Waals surface area contributed by atoms with Crippen molar-refractivity contribution in [3.8, 4) is 0 Å². The Labute approximate surface area is 100.0 Å². The molecule has 2 heterocycles. The van der Waals surface area contributed by atoms with Crippen LogP contribution in [0.4, 0.5) is 0 Å². The standard InChI is InChI=1S/C12H17NO4/c1-9(11(14)10-3-2-6-17-10)12(15)13-4-7-16-8-5-13/h2-3,6,9,11,14H,4-5,7-8H2,1H3. The molecule has 2 atom stereocenters. The van der Waals surface area contributed by atoms with Gasteiger partial charge in [0.05, 0.1) is 25.4 Å². The molecule has 5 nitrogen and oxygen atoms in total. The second kappa shape index (κ2) is 5.33. The van der Waals surface area contributed by atoms with Gasteiger partial charge in [0.2, 0.25) is 5.91 Å². The van der Waals surface area contributed by atoms with Gasteiger partial charge in [-0.3, -0.25) is 4.79 Å². The Morgan fingerprint density at radius 3 is 2.76 bits per heavy atom. The third-order valence-corrected chi connectivity index (χ3v) is 3.02. The van der Waals surface area contributed by atoms with Crippen LogP contribution in [0.1, 0.15) is 18.8 Å². The second-order valence-electron chi connectivity index (χ2n) is 4.19. The summed E-state index contributed by atoms with van der Waals surface area (Å²) in [6, 6.07) is 3.37. The molecule has 2 rings (SSSR count). The second-order valence-corrected chi connectivity index (χ2v) is 4.19. The first-order valence-electron chi connectivity index (χ1n) is 5.78. The van der Waals surface area contributed by atoms with Gasteiger partial charge >= 0.3 is 0 Å². The topological polar surface area (TPSA) is 62.9 Å². The first-order chi connectivity index (χ1) is 8.20. The first kappa shape index (κ1) is 12.1. The molecule has 1 saturated heterocycles. The lowest BCUT2D eigenvalue weighted by Gasteiger charge is -2.30. The molecule has 1 fully saturated rings. The molecule has 1 aliphatic heterocycles. The predicted molar refractivity (Wildman–Crippen MR) is 60.2 cm³/mol. The molecule has 1 aromatic heterocycles. The highest BCUT2D eigenvalue weighted by Crippen LogP contribution is 2.24. The zero-order chi connectivity index (χ0) is 12.3. The molecule has 0 aromatic carbocycles. The number of carbonyl (C=O) groups is 1. The van der Waals surface area contributed by atoms with Crippen LogP contribution in [0.15, 0.2) is 22.8 Å². The smallest absolute Gasteiger partial charge is 0.228 e. The quantitative estimate of drug-likeness (QED) is 0.847. The van der Waals surface area contributed by atoms with E-state index in [2.05, 4.69) is 0 Å². The molecule has 1 amide bonds. The molecular weight excluding hydrogens is 222 g/mol. The van der Waals surface area contributed by atoms with E-state index in [1.165, 1.54) is 6.26 Å². The molecule has 1 aromatic rings.